The molecule has 0 atom stereocenters. The Bertz CT molecular complexity index is 619. The van der Waals surface area contributed by atoms with Crippen LogP contribution < -0.4 is 11.2 Å². The average Bonchev–Trinajstić information content (AvgIpc) is 2.65. The number of fused-ring (bicyclic) bond motifs is 1. The second kappa shape index (κ2) is 3.45. The third-order valence-electron chi connectivity index (χ3n) is 1.96. The minimum absolute atomic E-state index is 0.0135. The fourth-order valence-corrected chi connectivity index (χ4v) is 1.27. The Kier molecular flexibility index (Phi) is 2.13. The number of aliphatic hydroxyl groups excluding tert-OH is 1. The highest BCUT2D eigenvalue weighted by Crippen LogP contribution is 1.94. The summed E-state index contributed by atoms with van der Waals surface area (Å²) in [6.45, 7) is 0.0135. The van der Waals surface area contributed by atoms with Crippen LogP contribution in [-0.2, 0) is 6.54 Å². The number of hydrogen-bond acceptors (Lipinski definition) is 4. The van der Waals surface area contributed by atoms with E-state index in [1.807, 2.05) is 0 Å². The molecule has 0 aliphatic carbocycles. The van der Waals surface area contributed by atoms with E-state index < -0.39 is 11.2 Å². The highest BCUT2D eigenvalue weighted by Gasteiger charge is 2.07. The normalized spacial score (nSPS) is 11.5. The van der Waals surface area contributed by atoms with Gasteiger partial charge in [0.15, 0.2) is 5.65 Å². The predicted molar refractivity (Wildman–Crippen MR) is 52.7 cm³/mol. The van der Waals surface area contributed by atoms with Gasteiger partial charge in [-0.1, -0.05) is 0 Å². The topological polar surface area (TPSA) is 104 Å². The lowest BCUT2D eigenvalue weighted by Crippen LogP contribution is -2.34. The zero-order chi connectivity index (χ0) is 10.8. The molecule has 15 heavy (non-hydrogen) atoms. The Labute approximate surface area is 82.7 Å². The summed E-state index contributed by atoms with van der Waals surface area (Å²) in [6, 6.07) is 0. The number of nitrogens with one attached hydrogen (secondary N) is 2. The van der Waals surface area contributed by atoms with Gasteiger partial charge in [0.1, 0.15) is 5.52 Å². The zero-order valence-electron chi connectivity index (χ0n) is 7.60. The molecule has 7 nitrogen and oxygen atoms in total. The fourth-order valence-electron chi connectivity index (χ4n) is 1.27. The van der Waals surface area contributed by atoms with Crippen LogP contribution in [0.5, 0.6) is 0 Å². The summed E-state index contributed by atoms with van der Waals surface area (Å²) in [6.07, 6.45) is 3.40. The molecule has 3 N–H and O–H groups in total. The number of rotatable bonds is 2. The maximum atomic E-state index is 11.7. The summed E-state index contributed by atoms with van der Waals surface area (Å²) in [5.41, 5.74) is -0.558. The van der Waals surface area contributed by atoms with Crippen LogP contribution in [0.25, 0.3) is 11.2 Å². The summed E-state index contributed by atoms with van der Waals surface area (Å²) in [5, 5.41) is 8.45. The zero-order valence-corrected chi connectivity index (χ0v) is 7.60. The van der Waals surface area contributed by atoms with Gasteiger partial charge in [-0.25, -0.2) is 9.78 Å². The lowest BCUT2D eigenvalue weighted by molar-refractivity contribution is 0.468. The van der Waals surface area contributed by atoms with Crippen molar-refractivity contribution in [3.05, 3.63) is 39.5 Å². The highest BCUT2D eigenvalue weighted by atomic mass is 16.2. The van der Waals surface area contributed by atoms with E-state index in [1.54, 1.807) is 0 Å². The second-order valence-electron chi connectivity index (χ2n) is 2.86. The van der Waals surface area contributed by atoms with Crippen LogP contribution in [0.3, 0.4) is 0 Å². The molecule has 2 aromatic rings. The van der Waals surface area contributed by atoms with Gasteiger partial charge in [-0.3, -0.25) is 14.3 Å². The van der Waals surface area contributed by atoms with Gasteiger partial charge in [0.25, 0.3) is 5.56 Å². The van der Waals surface area contributed by atoms with Crippen molar-refractivity contribution in [3.63, 3.8) is 0 Å². The first-order valence-electron chi connectivity index (χ1n) is 4.19. The van der Waals surface area contributed by atoms with Gasteiger partial charge >= 0.3 is 5.69 Å². The first kappa shape index (κ1) is 9.25. The van der Waals surface area contributed by atoms with Gasteiger partial charge in [0.2, 0.25) is 0 Å². The molecule has 2 rings (SSSR count). The van der Waals surface area contributed by atoms with Gasteiger partial charge in [-0.05, 0) is 6.08 Å². The lowest BCUT2D eigenvalue weighted by atomic mass is 10.5. The Morgan fingerprint density at radius 2 is 2.33 bits per heavy atom. The van der Waals surface area contributed by atoms with E-state index in [0.717, 1.165) is 10.8 Å². The van der Waals surface area contributed by atoms with E-state index >= 15 is 0 Å². The molecular weight excluding hydrogens is 200 g/mol. The van der Waals surface area contributed by atoms with Crippen LogP contribution >= 0.6 is 0 Å². The van der Waals surface area contributed by atoms with E-state index in [1.165, 1.54) is 12.4 Å². The van der Waals surface area contributed by atoms with Crippen molar-refractivity contribution in [2.24, 2.45) is 0 Å². The molecule has 0 unspecified atom stereocenters. The summed E-state index contributed by atoms with van der Waals surface area (Å²) >= 11 is 0. The van der Waals surface area contributed by atoms with Crippen molar-refractivity contribution in [3.8, 4) is 0 Å². The Morgan fingerprint density at radius 1 is 1.53 bits per heavy atom. The van der Waals surface area contributed by atoms with Gasteiger partial charge in [0.05, 0.1) is 19.1 Å². The van der Waals surface area contributed by atoms with Crippen LogP contribution in [0, 0.1) is 0 Å². The molecule has 0 aliphatic rings. The molecule has 0 aliphatic heterocycles. The molecule has 0 amide bonds. The Hall–Kier alpha value is -2.31. The number of hydrogen-bond donors (Lipinski definition) is 3. The van der Waals surface area contributed by atoms with Crippen molar-refractivity contribution in [2.75, 3.05) is 0 Å². The minimum Gasteiger partial charge on any atom is -0.516 e. The highest BCUT2D eigenvalue weighted by molar-refractivity contribution is 5.67. The first-order valence-corrected chi connectivity index (χ1v) is 4.19. The number of aromatic nitrogens is 4. The van der Waals surface area contributed by atoms with Gasteiger partial charge < -0.3 is 10.1 Å². The van der Waals surface area contributed by atoms with Crippen molar-refractivity contribution in [1.29, 1.82) is 0 Å². The maximum Gasteiger partial charge on any atom is 0.330 e. The molecule has 0 bridgehead atoms. The van der Waals surface area contributed by atoms with Gasteiger partial charge in [0, 0.05) is 0 Å². The fraction of sp³-hybridized carbons (Fsp3) is 0.125. The monoisotopic (exact) mass is 208 g/mol. The molecule has 0 saturated heterocycles. The summed E-state index contributed by atoms with van der Waals surface area (Å²) in [4.78, 5) is 31.9. The molecule has 2 heterocycles. The summed E-state index contributed by atoms with van der Waals surface area (Å²) in [7, 11) is 0. The molecule has 2 aromatic heterocycles. The van der Waals surface area contributed by atoms with E-state index in [-0.39, 0.29) is 17.7 Å². The Morgan fingerprint density at radius 3 is 3.07 bits per heavy atom. The quantitative estimate of drug-likeness (QED) is 0.578. The molecule has 0 saturated carbocycles. The molecule has 0 radical (unpaired) electrons. The maximum absolute atomic E-state index is 11.7. The molecule has 0 fully saturated rings. The number of nitrogens with zero attached hydrogens (tertiary/aromatic N) is 2. The summed E-state index contributed by atoms with van der Waals surface area (Å²) < 4.78 is 0.952. The smallest absolute Gasteiger partial charge is 0.330 e. The first-order chi connectivity index (χ1) is 7.24. The molecule has 0 aromatic carbocycles. The Balaban J connectivity index is 2.73. The van der Waals surface area contributed by atoms with Gasteiger partial charge in [-0.15, -0.1) is 0 Å². The molecule has 7 heteroatoms. The third kappa shape index (κ3) is 1.43. The number of H-pyrrole nitrogens is 2. The van der Waals surface area contributed by atoms with E-state index in [2.05, 4.69) is 15.0 Å². The van der Waals surface area contributed by atoms with E-state index in [4.69, 9.17) is 5.11 Å². The number of allylic oxidation sites excluding steroid dienone is 1. The van der Waals surface area contributed by atoms with Crippen molar-refractivity contribution in [1.82, 2.24) is 19.5 Å². The second-order valence-corrected chi connectivity index (χ2v) is 2.86. The van der Waals surface area contributed by atoms with Crippen LogP contribution in [-0.4, -0.2) is 24.6 Å². The van der Waals surface area contributed by atoms with Crippen molar-refractivity contribution >= 4 is 11.2 Å². The molecule has 78 valence electrons. The number of aromatic amines is 2. The van der Waals surface area contributed by atoms with Crippen LogP contribution in [0.1, 0.15) is 0 Å². The predicted octanol–water partition coefficient (Wildman–Crippen LogP) is -0.515. The minimum atomic E-state index is -0.558. The lowest BCUT2D eigenvalue weighted by Gasteiger charge is -1.98. The standard InChI is InChI=1S/C8H8N4O3/c13-3-1-2-12-7(14)5-6(10-4-9-5)11-8(12)15/h1,3-4,13H,2H2,(H,9,10)(H,11,15). The van der Waals surface area contributed by atoms with Crippen LogP contribution in [0.2, 0.25) is 0 Å². The van der Waals surface area contributed by atoms with Crippen molar-refractivity contribution < 1.29 is 5.11 Å². The average molecular weight is 208 g/mol. The van der Waals surface area contributed by atoms with E-state index in [9.17, 15) is 9.59 Å². The van der Waals surface area contributed by atoms with Crippen LogP contribution in [0.15, 0.2) is 28.3 Å². The summed E-state index contributed by atoms with van der Waals surface area (Å²) in [5.74, 6) is 0. The largest absolute Gasteiger partial charge is 0.516 e. The number of aliphatic hydroxyl groups is 1. The molecular formula is C8H8N4O3. The molecule has 0 spiro atoms. The van der Waals surface area contributed by atoms with Gasteiger partial charge in [-0.2, -0.15) is 0 Å². The SMILES string of the molecule is O=c1[nH]c2nc[nH]c2c(=O)n1CC=CO. The van der Waals surface area contributed by atoms with E-state index in [0.29, 0.717) is 0 Å². The number of imidazole rings is 1. The van der Waals surface area contributed by atoms with Crippen LogP contribution in [0.4, 0.5) is 0 Å². The third-order valence-corrected chi connectivity index (χ3v) is 1.96. The van der Waals surface area contributed by atoms with Crippen molar-refractivity contribution in [2.45, 2.75) is 6.54 Å².